The highest BCUT2D eigenvalue weighted by Gasteiger charge is 2.20. The van der Waals surface area contributed by atoms with Crippen molar-refractivity contribution in [3.63, 3.8) is 0 Å². The van der Waals surface area contributed by atoms with Gasteiger partial charge in [-0.2, -0.15) is 0 Å². The molecule has 0 radical (unpaired) electrons. The van der Waals surface area contributed by atoms with Gasteiger partial charge in [-0.15, -0.1) is 6.58 Å². The minimum Gasteiger partial charge on any atom is -0.491 e. The van der Waals surface area contributed by atoms with E-state index in [9.17, 15) is 14.7 Å². The number of para-hydroxylation sites is 1. The number of hydrogen-bond donors (Lipinski definition) is 2. The number of aliphatic hydroxyl groups is 1. The van der Waals surface area contributed by atoms with Crippen LogP contribution in [0.3, 0.4) is 0 Å². The second kappa shape index (κ2) is 8.49. The van der Waals surface area contributed by atoms with Crippen molar-refractivity contribution in [1.29, 1.82) is 0 Å². The predicted octanol–water partition coefficient (Wildman–Crippen LogP) is 1.45. The summed E-state index contributed by atoms with van der Waals surface area (Å²) in [4.78, 5) is 31.0. The molecule has 2 heterocycles. The Morgan fingerprint density at radius 3 is 2.86 bits per heavy atom. The van der Waals surface area contributed by atoms with Gasteiger partial charge in [0, 0.05) is 12.8 Å². The van der Waals surface area contributed by atoms with Crippen molar-refractivity contribution in [2.24, 2.45) is 7.05 Å². The molecule has 0 amide bonds. The van der Waals surface area contributed by atoms with E-state index in [1.165, 1.54) is 23.4 Å². The second-order valence-corrected chi connectivity index (χ2v) is 7.31. The lowest BCUT2D eigenvalue weighted by Crippen LogP contribution is -2.30. The van der Waals surface area contributed by atoms with Gasteiger partial charge in [-0.25, -0.2) is 9.78 Å². The van der Waals surface area contributed by atoms with E-state index >= 15 is 0 Å². The first-order valence-corrected chi connectivity index (χ1v) is 9.70. The van der Waals surface area contributed by atoms with Crippen LogP contribution in [0.25, 0.3) is 11.2 Å². The quantitative estimate of drug-likeness (QED) is 0.437. The molecule has 28 heavy (non-hydrogen) atoms. The standard InChI is InChI=1S/C19H22N4O4S/c1-4-9-28-19-20-16-15(17(25)21-18(26)22(16)3)23(19)10-13(24)11-27-14-8-6-5-7-12(14)2/h4-8,13,24H,1,9-11H2,2-3H3,(H,21,25,26)/t13-/m0/s1. The van der Waals surface area contributed by atoms with Crippen LogP contribution >= 0.6 is 11.8 Å². The van der Waals surface area contributed by atoms with Crippen molar-refractivity contribution in [1.82, 2.24) is 19.1 Å². The number of nitrogens with zero attached hydrogens (tertiary/aromatic N) is 3. The van der Waals surface area contributed by atoms with Gasteiger partial charge in [0.2, 0.25) is 0 Å². The van der Waals surface area contributed by atoms with Gasteiger partial charge >= 0.3 is 5.69 Å². The smallest absolute Gasteiger partial charge is 0.329 e. The minimum atomic E-state index is -0.878. The van der Waals surface area contributed by atoms with E-state index in [4.69, 9.17) is 4.74 Å². The summed E-state index contributed by atoms with van der Waals surface area (Å²) in [5, 5.41) is 11.0. The molecule has 9 heteroatoms. The minimum absolute atomic E-state index is 0.0553. The molecule has 0 aliphatic rings. The first-order valence-electron chi connectivity index (χ1n) is 8.72. The lowest BCUT2D eigenvalue weighted by Gasteiger charge is -2.16. The number of aryl methyl sites for hydroxylation is 2. The summed E-state index contributed by atoms with van der Waals surface area (Å²) in [5.74, 6) is 1.27. The summed E-state index contributed by atoms with van der Waals surface area (Å²) in [6.07, 6.45) is 0.840. The molecule has 0 aliphatic heterocycles. The molecule has 3 rings (SSSR count). The molecule has 0 unspecified atom stereocenters. The summed E-state index contributed by atoms with van der Waals surface area (Å²) in [6.45, 7) is 5.77. The maximum atomic E-state index is 12.4. The zero-order chi connectivity index (χ0) is 20.3. The van der Waals surface area contributed by atoms with E-state index in [0.29, 0.717) is 16.7 Å². The van der Waals surface area contributed by atoms with Crippen molar-refractivity contribution >= 4 is 22.9 Å². The molecule has 0 spiro atoms. The van der Waals surface area contributed by atoms with Crippen molar-refractivity contribution in [3.05, 3.63) is 63.3 Å². The molecule has 0 fully saturated rings. The van der Waals surface area contributed by atoms with E-state index in [1.807, 2.05) is 31.2 Å². The van der Waals surface area contributed by atoms with Crippen LogP contribution in [0.2, 0.25) is 0 Å². The Labute approximate surface area is 165 Å². The van der Waals surface area contributed by atoms with E-state index in [0.717, 1.165) is 5.56 Å². The highest BCUT2D eigenvalue weighted by Crippen LogP contribution is 2.22. The molecule has 1 atom stereocenters. The molecule has 2 N–H and O–H groups in total. The Bertz CT molecular complexity index is 1120. The highest BCUT2D eigenvalue weighted by molar-refractivity contribution is 7.99. The number of rotatable bonds is 8. The summed E-state index contributed by atoms with van der Waals surface area (Å²) < 4.78 is 8.60. The first-order chi connectivity index (χ1) is 13.4. The van der Waals surface area contributed by atoms with Crippen LogP contribution in [0.1, 0.15) is 5.56 Å². The van der Waals surface area contributed by atoms with Crippen LogP contribution in [0.15, 0.2) is 51.7 Å². The Morgan fingerprint density at radius 2 is 2.14 bits per heavy atom. The van der Waals surface area contributed by atoms with Gasteiger partial charge in [0.15, 0.2) is 16.3 Å². The van der Waals surface area contributed by atoms with Crippen molar-refractivity contribution in [3.8, 4) is 5.75 Å². The number of thioether (sulfide) groups is 1. The lowest BCUT2D eigenvalue weighted by atomic mass is 10.2. The number of fused-ring (bicyclic) bond motifs is 1. The largest absolute Gasteiger partial charge is 0.491 e. The van der Waals surface area contributed by atoms with Gasteiger partial charge in [0.25, 0.3) is 5.56 Å². The number of aliphatic hydroxyl groups excluding tert-OH is 1. The van der Waals surface area contributed by atoms with Crippen LogP contribution in [0.4, 0.5) is 0 Å². The lowest BCUT2D eigenvalue weighted by molar-refractivity contribution is 0.0910. The fraction of sp³-hybridized carbons (Fsp3) is 0.316. The average molecular weight is 402 g/mol. The maximum absolute atomic E-state index is 12.4. The normalized spacial score (nSPS) is 12.2. The number of imidazole rings is 1. The van der Waals surface area contributed by atoms with Crippen LogP contribution in [0, 0.1) is 6.92 Å². The Morgan fingerprint density at radius 1 is 1.39 bits per heavy atom. The Balaban J connectivity index is 1.91. The van der Waals surface area contributed by atoms with Crippen molar-refractivity contribution in [2.75, 3.05) is 12.4 Å². The summed E-state index contributed by atoms with van der Waals surface area (Å²) in [7, 11) is 1.54. The third-order valence-corrected chi connectivity index (χ3v) is 5.19. The number of aromatic amines is 1. The molecule has 1 aromatic carbocycles. The second-order valence-electron chi connectivity index (χ2n) is 6.33. The van der Waals surface area contributed by atoms with Crippen LogP contribution in [-0.4, -0.2) is 42.7 Å². The molecule has 2 aromatic heterocycles. The number of nitrogens with one attached hydrogen (secondary N) is 1. The molecule has 3 aromatic rings. The molecule has 0 saturated carbocycles. The van der Waals surface area contributed by atoms with Gasteiger partial charge in [0.05, 0.1) is 6.54 Å². The zero-order valence-electron chi connectivity index (χ0n) is 15.7. The zero-order valence-corrected chi connectivity index (χ0v) is 16.5. The van der Waals surface area contributed by atoms with Gasteiger partial charge < -0.3 is 14.4 Å². The predicted molar refractivity (Wildman–Crippen MR) is 109 cm³/mol. The van der Waals surface area contributed by atoms with E-state index < -0.39 is 17.4 Å². The van der Waals surface area contributed by atoms with Crippen molar-refractivity contribution in [2.45, 2.75) is 24.7 Å². The molecule has 0 bridgehead atoms. The fourth-order valence-electron chi connectivity index (χ4n) is 2.80. The monoisotopic (exact) mass is 402 g/mol. The topological polar surface area (TPSA) is 102 Å². The Kier molecular flexibility index (Phi) is 6.05. The van der Waals surface area contributed by atoms with E-state index in [-0.39, 0.29) is 24.3 Å². The third kappa shape index (κ3) is 4.05. The number of aromatic nitrogens is 4. The van der Waals surface area contributed by atoms with E-state index in [2.05, 4.69) is 16.5 Å². The van der Waals surface area contributed by atoms with Crippen LogP contribution < -0.4 is 16.0 Å². The molecular weight excluding hydrogens is 380 g/mol. The van der Waals surface area contributed by atoms with Gasteiger partial charge in [0.1, 0.15) is 18.5 Å². The number of hydrogen-bond acceptors (Lipinski definition) is 6. The SMILES string of the molecule is C=CCSc1nc2c(c(=O)[nH]c(=O)n2C)n1C[C@H](O)COc1ccccc1C. The summed E-state index contributed by atoms with van der Waals surface area (Å²) in [6, 6.07) is 7.54. The average Bonchev–Trinajstić information content (AvgIpc) is 3.02. The molecular formula is C19H22N4O4S. The fourth-order valence-corrected chi connectivity index (χ4v) is 3.54. The van der Waals surface area contributed by atoms with Gasteiger partial charge in [-0.05, 0) is 18.6 Å². The molecule has 8 nitrogen and oxygen atoms in total. The van der Waals surface area contributed by atoms with Crippen molar-refractivity contribution < 1.29 is 9.84 Å². The van der Waals surface area contributed by atoms with Gasteiger partial charge in [-0.1, -0.05) is 36.0 Å². The third-order valence-electron chi connectivity index (χ3n) is 4.22. The number of H-pyrrole nitrogens is 1. The molecule has 0 aliphatic carbocycles. The maximum Gasteiger partial charge on any atom is 0.329 e. The van der Waals surface area contributed by atoms with Gasteiger partial charge in [-0.3, -0.25) is 14.3 Å². The van der Waals surface area contributed by atoms with Crippen LogP contribution in [-0.2, 0) is 13.6 Å². The highest BCUT2D eigenvalue weighted by atomic mass is 32.2. The molecule has 148 valence electrons. The summed E-state index contributed by atoms with van der Waals surface area (Å²) >= 11 is 1.37. The molecule has 0 saturated heterocycles. The summed E-state index contributed by atoms with van der Waals surface area (Å²) in [5.41, 5.74) is 0.404. The Hall–Kier alpha value is -2.78. The van der Waals surface area contributed by atoms with Crippen LogP contribution in [0.5, 0.6) is 5.75 Å². The number of benzene rings is 1. The first kappa shape index (κ1) is 20.0. The number of ether oxygens (including phenoxy) is 1. The van der Waals surface area contributed by atoms with E-state index in [1.54, 1.807) is 10.6 Å².